The van der Waals surface area contributed by atoms with E-state index in [-0.39, 0.29) is 11.9 Å². The molecular formula is C12H14FN3O. The second kappa shape index (κ2) is 4.63. The monoisotopic (exact) mass is 235 g/mol. The summed E-state index contributed by atoms with van der Waals surface area (Å²) >= 11 is 0. The van der Waals surface area contributed by atoms with Gasteiger partial charge in [-0.25, -0.2) is 4.39 Å². The first-order chi connectivity index (χ1) is 8.06. The predicted molar refractivity (Wildman–Crippen MR) is 61.8 cm³/mol. The molecule has 0 aliphatic rings. The van der Waals surface area contributed by atoms with E-state index in [2.05, 4.69) is 10.1 Å². The minimum absolute atomic E-state index is 0.0294. The van der Waals surface area contributed by atoms with Crippen LogP contribution in [0.2, 0.25) is 0 Å². The molecule has 17 heavy (non-hydrogen) atoms. The Kier molecular flexibility index (Phi) is 3.19. The molecule has 0 fully saturated rings. The molecule has 0 saturated carbocycles. The molecule has 0 radical (unpaired) electrons. The fourth-order valence-electron chi connectivity index (χ4n) is 1.51. The van der Waals surface area contributed by atoms with Crippen LogP contribution in [0.3, 0.4) is 0 Å². The number of nitrogens with two attached hydrogens (primary N) is 1. The van der Waals surface area contributed by atoms with E-state index in [1.165, 1.54) is 6.07 Å². The molecular weight excluding hydrogens is 221 g/mol. The Labute approximate surface area is 98.6 Å². The SMILES string of the molecule is Cc1cc(-c2noc(CC(C)N)n2)ccc1F. The number of aromatic nitrogens is 2. The molecule has 0 spiro atoms. The lowest BCUT2D eigenvalue weighted by molar-refractivity contribution is 0.372. The Morgan fingerprint density at radius 2 is 2.24 bits per heavy atom. The van der Waals surface area contributed by atoms with E-state index in [0.29, 0.717) is 23.7 Å². The summed E-state index contributed by atoms with van der Waals surface area (Å²) in [5, 5.41) is 3.85. The zero-order valence-electron chi connectivity index (χ0n) is 9.77. The van der Waals surface area contributed by atoms with Gasteiger partial charge in [0.2, 0.25) is 11.7 Å². The maximum atomic E-state index is 13.1. The molecule has 0 saturated heterocycles. The smallest absolute Gasteiger partial charge is 0.228 e. The van der Waals surface area contributed by atoms with Gasteiger partial charge in [0.05, 0.1) is 0 Å². The summed E-state index contributed by atoms with van der Waals surface area (Å²) < 4.78 is 18.2. The summed E-state index contributed by atoms with van der Waals surface area (Å²) in [7, 11) is 0. The van der Waals surface area contributed by atoms with Crippen LogP contribution in [0.5, 0.6) is 0 Å². The Balaban J connectivity index is 2.27. The molecule has 0 amide bonds. The van der Waals surface area contributed by atoms with Crippen molar-refractivity contribution in [1.29, 1.82) is 0 Å². The first-order valence-corrected chi connectivity index (χ1v) is 5.41. The molecule has 1 heterocycles. The Hall–Kier alpha value is -1.75. The lowest BCUT2D eigenvalue weighted by atomic mass is 10.1. The maximum Gasteiger partial charge on any atom is 0.228 e. The Morgan fingerprint density at radius 3 is 2.88 bits per heavy atom. The minimum atomic E-state index is -0.243. The van der Waals surface area contributed by atoms with E-state index in [0.717, 1.165) is 5.56 Å². The van der Waals surface area contributed by atoms with Crippen molar-refractivity contribution >= 4 is 0 Å². The van der Waals surface area contributed by atoms with Gasteiger partial charge in [0.1, 0.15) is 5.82 Å². The van der Waals surface area contributed by atoms with Gasteiger partial charge < -0.3 is 10.3 Å². The third-order valence-corrected chi connectivity index (χ3v) is 2.38. The van der Waals surface area contributed by atoms with Crippen molar-refractivity contribution < 1.29 is 8.91 Å². The summed E-state index contributed by atoms with van der Waals surface area (Å²) in [6, 6.07) is 4.68. The van der Waals surface area contributed by atoms with Crippen molar-refractivity contribution in [2.24, 2.45) is 5.73 Å². The van der Waals surface area contributed by atoms with Crippen molar-refractivity contribution in [3.63, 3.8) is 0 Å². The maximum absolute atomic E-state index is 13.1. The van der Waals surface area contributed by atoms with Crippen molar-refractivity contribution in [2.75, 3.05) is 0 Å². The average Bonchev–Trinajstić information content (AvgIpc) is 2.69. The Bertz CT molecular complexity index is 522. The number of nitrogens with zero attached hydrogens (tertiary/aromatic N) is 2. The highest BCUT2D eigenvalue weighted by Crippen LogP contribution is 2.19. The first kappa shape index (κ1) is 11.7. The van der Waals surface area contributed by atoms with Crippen LogP contribution in [0, 0.1) is 12.7 Å². The molecule has 4 nitrogen and oxygen atoms in total. The lowest BCUT2D eigenvalue weighted by Gasteiger charge is -1.98. The normalized spacial score (nSPS) is 12.7. The summed E-state index contributed by atoms with van der Waals surface area (Å²) in [6.07, 6.45) is 0.535. The molecule has 0 aliphatic heterocycles. The van der Waals surface area contributed by atoms with Gasteiger partial charge in [-0.2, -0.15) is 4.98 Å². The highest BCUT2D eigenvalue weighted by atomic mass is 19.1. The summed E-state index contributed by atoms with van der Waals surface area (Å²) in [5.41, 5.74) is 6.93. The number of hydrogen-bond acceptors (Lipinski definition) is 4. The van der Waals surface area contributed by atoms with Gasteiger partial charge in [0.15, 0.2) is 0 Å². The third-order valence-electron chi connectivity index (χ3n) is 2.38. The number of hydrogen-bond donors (Lipinski definition) is 1. The molecule has 1 unspecified atom stereocenters. The Morgan fingerprint density at radius 1 is 1.47 bits per heavy atom. The van der Waals surface area contributed by atoms with E-state index >= 15 is 0 Å². The van der Waals surface area contributed by atoms with Crippen LogP contribution in [0.1, 0.15) is 18.4 Å². The standard InChI is InChI=1S/C12H14FN3O/c1-7-5-9(3-4-10(7)13)12-15-11(17-16-12)6-8(2)14/h3-5,8H,6,14H2,1-2H3. The predicted octanol–water partition coefficient (Wildman–Crippen LogP) is 2.07. The number of rotatable bonds is 3. The van der Waals surface area contributed by atoms with Gasteiger partial charge >= 0.3 is 0 Å². The first-order valence-electron chi connectivity index (χ1n) is 5.41. The molecule has 90 valence electrons. The van der Waals surface area contributed by atoms with Crippen LogP contribution in [-0.4, -0.2) is 16.2 Å². The minimum Gasteiger partial charge on any atom is -0.339 e. The fourth-order valence-corrected chi connectivity index (χ4v) is 1.51. The topological polar surface area (TPSA) is 64.9 Å². The molecule has 1 aromatic carbocycles. The van der Waals surface area contributed by atoms with Crippen molar-refractivity contribution in [2.45, 2.75) is 26.3 Å². The zero-order valence-corrected chi connectivity index (χ0v) is 9.77. The summed E-state index contributed by atoms with van der Waals surface area (Å²) in [5.74, 6) is 0.716. The van der Waals surface area contributed by atoms with Crippen LogP contribution in [-0.2, 0) is 6.42 Å². The third kappa shape index (κ3) is 2.68. The van der Waals surface area contributed by atoms with Crippen molar-refractivity contribution in [3.05, 3.63) is 35.5 Å². The largest absolute Gasteiger partial charge is 0.339 e. The fraction of sp³-hybridized carbons (Fsp3) is 0.333. The second-order valence-corrected chi connectivity index (χ2v) is 4.16. The van der Waals surface area contributed by atoms with Gasteiger partial charge in [-0.3, -0.25) is 0 Å². The quantitative estimate of drug-likeness (QED) is 0.884. The van der Waals surface area contributed by atoms with Crippen molar-refractivity contribution in [1.82, 2.24) is 10.1 Å². The average molecular weight is 235 g/mol. The van der Waals surface area contributed by atoms with Crippen LogP contribution in [0.15, 0.2) is 22.7 Å². The molecule has 2 N–H and O–H groups in total. The molecule has 2 rings (SSSR count). The summed E-state index contributed by atoms with van der Waals surface area (Å²) in [6.45, 7) is 3.56. The van der Waals surface area contributed by atoms with Gasteiger partial charge in [0, 0.05) is 18.0 Å². The lowest BCUT2D eigenvalue weighted by Crippen LogP contribution is -2.17. The molecule has 2 aromatic rings. The second-order valence-electron chi connectivity index (χ2n) is 4.16. The van der Waals surface area contributed by atoms with Crippen LogP contribution in [0.25, 0.3) is 11.4 Å². The number of aryl methyl sites for hydroxylation is 1. The number of halogens is 1. The highest BCUT2D eigenvalue weighted by molar-refractivity contribution is 5.55. The molecule has 0 bridgehead atoms. The van der Waals surface area contributed by atoms with E-state index in [4.69, 9.17) is 10.3 Å². The van der Waals surface area contributed by atoms with Crippen LogP contribution in [0.4, 0.5) is 4.39 Å². The van der Waals surface area contributed by atoms with E-state index in [1.807, 2.05) is 6.92 Å². The van der Waals surface area contributed by atoms with Crippen LogP contribution < -0.4 is 5.73 Å². The molecule has 0 aliphatic carbocycles. The summed E-state index contributed by atoms with van der Waals surface area (Å²) in [4.78, 5) is 4.21. The van der Waals surface area contributed by atoms with Gasteiger partial charge in [-0.15, -0.1) is 0 Å². The highest BCUT2D eigenvalue weighted by Gasteiger charge is 2.11. The van der Waals surface area contributed by atoms with Gasteiger partial charge in [0.25, 0.3) is 0 Å². The van der Waals surface area contributed by atoms with Crippen molar-refractivity contribution in [3.8, 4) is 11.4 Å². The molecule has 5 heteroatoms. The van der Waals surface area contributed by atoms with Crippen LogP contribution >= 0.6 is 0 Å². The van der Waals surface area contributed by atoms with E-state index in [9.17, 15) is 4.39 Å². The zero-order chi connectivity index (χ0) is 12.4. The van der Waals surface area contributed by atoms with E-state index in [1.54, 1.807) is 19.1 Å². The molecule has 1 atom stereocenters. The van der Waals surface area contributed by atoms with E-state index < -0.39 is 0 Å². The van der Waals surface area contributed by atoms with Gasteiger partial charge in [-0.1, -0.05) is 5.16 Å². The van der Waals surface area contributed by atoms with Gasteiger partial charge in [-0.05, 0) is 37.6 Å². The number of benzene rings is 1. The molecule has 1 aromatic heterocycles.